The normalized spacial score (nSPS) is 15.6. The van der Waals surface area contributed by atoms with E-state index in [-0.39, 0.29) is 16.7 Å². The summed E-state index contributed by atoms with van der Waals surface area (Å²) in [6.45, 7) is 4.67. The van der Waals surface area contributed by atoms with Crippen LogP contribution in [0.2, 0.25) is 0 Å². The van der Waals surface area contributed by atoms with E-state index in [4.69, 9.17) is 4.74 Å². The molecule has 178 valence electrons. The van der Waals surface area contributed by atoms with Crippen molar-refractivity contribution in [1.29, 1.82) is 0 Å². The van der Waals surface area contributed by atoms with Crippen molar-refractivity contribution in [2.24, 2.45) is 5.92 Å². The minimum Gasteiger partial charge on any atom is -0.497 e. The number of sulfonamides is 1. The van der Waals surface area contributed by atoms with Crippen LogP contribution in [0.1, 0.15) is 43.5 Å². The zero-order chi connectivity index (χ0) is 24.0. The SMILES string of the molecule is COc1ccc(C(=O)N[C@H](C(=O)Nc2cccc(S(=O)(=O)N3CCCCC3)c2)C(C)C)cc1. The molecule has 3 rings (SSSR count). The predicted molar refractivity (Wildman–Crippen MR) is 127 cm³/mol. The van der Waals surface area contributed by atoms with Gasteiger partial charge in [-0.15, -0.1) is 0 Å². The zero-order valence-electron chi connectivity index (χ0n) is 19.2. The maximum absolute atomic E-state index is 13.0. The number of hydrogen-bond acceptors (Lipinski definition) is 5. The molecule has 1 heterocycles. The number of anilines is 1. The van der Waals surface area contributed by atoms with E-state index in [1.54, 1.807) is 43.5 Å². The summed E-state index contributed by atoms with van der Waals surface area (Å²) in [6, 6.07) is 12.0. The monoisotopic (exact) mass is 473 g/mol. The molecule has 1 aliphatic heterocycles. The predicted octanol–water partition coefficient (Wildman–Crippen LogP) is 3.26. The lowest BCUT2D eigenvalue weighted by Gasteiger charge is -2.26. The van der Waals surface area contributed by atoms with Crippen LogP contribution >= 0.6 is 0 Å². The highest BCUT2D eigenvalue weighted by molar-refractivity contribution is 7.89. The van der Waals surface area contributed by atoms with Gasteiger partial charge in [-0.25, -0.2) is 8.42 Å². The van der Waals surface area contributed by atoms with E-state index in [1.165, 1.54) is 16.4 Å². The second kappa shape index (κ2) is 10.8. The number of amides is 2. The molecule has 0 radical (unpaired) electrons. The number of ether oxygens (including phenoxy) is 1. The van der Waals surface area contributed by atoms with Crippen LogP contribution in [0, 0.1) is 5.92 Å². The number of nitrogens with one attached hydrogen (secondary N) is 2. The van der Waals surface area contributed by atoms with E-state index in [1.807, 2.05) is 13.8 Å². The van der Waals surface area contributed by atoms with Crippen LogP contribution in [0.5, 0.6) is 5.75 Å². The molecule has 1 fully saturated rings. The number of piperidine rings is 1. The highest BCUT2D eigenvalue weighted by Crippen LogP contribution is 2.23. The van der Waals surface area contributed by atoms with Crippen molar-refractivity contribution in [2.75, 3.05) is 25.5 Å². The lowest BCUT2D eigenvalue weighted by atomic mass is 10.0. The smallest absolute Gasteiger partial charge is 0.251 e. The Balaban J connectivity index is 1.72. The van der Waals surface area contributed by atoms with Gasteiger partial charge in [0.15, 0.2) is 0 Å². The summed E-state index contributed by atoms with van der Waals surface area (Å²) in [5.41, 5.74) is 0.770. The van der Waals surface area contributed by atoms with Gasteiger partial charge in [0.2, 0.25) is 15.9 Å². The van der Waals surface area contributed by atoms with Gasteiger partial charge < -0.3 is 15.4 Å². The van der Waals surface area contributed by atoms with Gasteiger partial charge in [0.25, 0.3) is 5.91 Å². The first-order valence-corrected chi connectivity index (χ1v) is 12.5. The van der Waals surface area contributed by atoms with Gasteiger partial charge >= 0.3 is 0 Å². The zero-order valence-corrected chi connectivity index (χ0v) is 20.0. The number of benzene rings is 2. The maximum Gasteiger partial charge on any atom is 0.251 e. The van der Waals surface area contributed by atoms with Crippen molar-refractivity contribution in [3.05, 3.63) is 54.1 Å². The summed E-state index contributed by atoms with van der Waals surface area (Å²) >= 11 is 0. The quantitative estimate of drug-likeness (QED) is 0.612. The molecule has 8 nitrogen and oxygen atoms in total. The minimum atomic E-state index is -3.62. The lowest BCUT2D eigenvalue weighted by molar-refractivity contribution is -0.118. The molecule has 9 heteroatoms. The fourth-order valence-corrected chi connectivity index (χ4v) is 5.27. The highest BCUT2D eigenvalue weighted by Gasteiger charge is 2.28. The Morgan fingerprint density at radius 3 is 2.27 bits per heavy atom. The molecule has 0 bridgehead atoms. The van der Waals surface area contributed by atoms with Crippen molar-refractivity contribution < 1.29 is 22.7 Å². The molecular formula is C24H31N3O5S. The van der Waals surface area contributed by atoms with Crippen LogP contribution < -0.4 is 15.4 Å². The second-order valence-electron chi connectivity index (χ2n) is 8.41. The van der Waals surface area contributed by atoms with Crippen LogP contribution in [-0.4, -0.2) is 50.8 Å². The van der Waals surface area contributed by atoms with Crippen molar-refractivity contribution >= 4 is 27.5 Å². The Morgan fingerprint density at radius 2 is 1.67 bits per heavy atom. The summed E-state index contributed by atoms with van der Waals surface area (Å²) in [4.78, 5) is 25.8. The molecule has 2 aromatic carbocycles. The number of carbonyl (C=O) groups excluding carboxylic acids is 2. The first-order chi connectivity index (χ1) is 15.7. The Morgan fingerprint density at radius 1 is 1.00 bits per heavy atom. The molecule has 1 saturated heterocycles. The third-order valence-electron chi connectivity index (χ3n) is 5.64. The van der Waals surface area contributed by atoms with E-state index in [0.29, 0.717) is 30.1 Å². The first kappa shape index (κ1) is 24.7. The molecular weight excluding hydrogens is 442 g/mol. The molecule has 0 spiro atoms. The van der Waals surface area contributed by atoms with Crippen molar-refractivity contribution in [3.8, 4) is 5.75 Å². The minimum absolute atomic E-state index is 0.144. The summed E-state index contributed by atoms with van der Waals surface area (Å²) in [7, 11) is -2.07. The summed E-state index contributed by atoms with van der Waals surface area (Å²) in [6.07, 6.45) is 2.72. The van der Waals surface area contributed by atoms with Gasteiger partial charge in [0.05, 0.1) is 12.0 Å². The lowest BCUT2D eigenvalue weighted by Crippen LogP contribution is -2.47. The number of rotatable bonds is 8. The fraction of sp³-hybridized carbons (Fsp3) is 0.417. The third kappa shape index (κ3) is 6.11. The molecule has 0 aliphatic carbocycles. The van der Waals surface area contributed by atoms with E-state index in [0.717, 1.165) is 19.3 Å². The van der Waals surface area contributed by atoms with E-state index in [2.05, 4.69) is 10.6 Å². The van der Waals surface area contributed by atoms with Gasteiger partial charge in [-0.2, -0.15) is 4.31 Å². The number of hydrogen-bond donors (Lipinski definition) is 2. The van der Waals surface area contributed by atoms with Gasteiger partial charge in [-0.1, -0.05) is 26.3 Å². The van der Waals surface area contributed by atoms with Crippen molar-refractivity contribution in [2.45, 2.75) is 44.0 Å². The van der Waals surface area contributed by atoms with E-state index in [9.17, 15) is 18.0 Å². The molecule has 2 N–H and O–H groups in total. The van der Waals surface area contributed by atoms with Crippen LogP contribution in [-0.2, 0) is 14.8 Å². The highest BCUT2D eigenvalue weighted by atomic mass is 32.2. The maximum atomic E-state index is 13.0. The molecule has 1 aliphatic rings. The van der Waals surface area contributed by atoms with Gasteiger partial charge in [-0.05, 0) is 61.2 Å². The molecule has 0 aromatic heterocycles. The van der Waals surface area contributed by atoms with Crippen LogP contribution in [0.4, 0.5) is 5.69 Å². The largest absolute Gasteiger partial charge is 0.497 e. The number of carbonyl (C=O) groups is 2. The van der Waals surface area contributed by atoms with Crippen molar-refractivity contribution in [1.82, 2.24) is 9.62 Å². The molecule has 1 atom stereocenters. The Labute approximate surface area is 195 Å². The van der Waals surface area contributed by atoms with Crippen LogP contribution in [0.25, 0.3) is 0 Å². The van der Waals surface area contributed by atoms with E-state index >= 15 is 0 Å². The van der Waals surface area contributed by atoms with Crippen LogP contribution in [0.3, 0.4) is 0 Å². The van der Waals surface area contributed by atoms with Crippen LogP contribution in [0.15, 0.2) is 53.4 Å². The molecule has 0 unspecified atom stereocenters. The Hall–Kier alpha value is -2.91. The van der Waals surface area contributed by atoms with Gasteiger partial charge in [-0.3, -0.25) is 9.59 Å². The third-order valence-corrected chi connectivity index (χ3v) is 7.54. The Bertz CT molecular complexity index is 1080. The Kier molecular flexibility index (Phi) is 8.10. The molecule has 33 heavy (non-hydrogen) atoms. The average Bonchev–Trinajstić information content (AvgIpc) is 2.82. The number of methoxy groups -OCH3 is 1. The summed E-state index contributed by atoms with van der Waals surface area (Å²) in [5.74, 6) is -0.358. The van der Waals surface area contributed by atoms with Gasteiger partial charge in [0, 0.05) is 24.3 Å². The summed E-state index contributed by atoms with van der Waals surface area (Å²) in [5, 5.41) is 5.53. The summed E-state index contributed by atoms with van der Waals surface area (Å²) < 4.78 is 32.5. The number of nitrogens with zero attached hydrogens (tertiary/aromatic N) is 1. The molecule has 2 amide bonds. The molecule has 0 saturated carbocycles. The molecule has 2 aromatic rings. The fourth-order valence-electron chi connectivity index (χ4n) is 3.71. The topological polar surface area (TPSA) is 105 Å². The second-order valence-corrected chi connectivity index (χ2v) is 10.3. The van der Waals surface area contributed by atoms with E-state index < -0.39 is 22.0 Å². The van der Waals surface area contributed by atoms with Crippen molar-refractivity contribution in [3.63, 3.8) is 0 Å². The van der Waals surface area contributed by atoms with Gasteiger partial charge in [0.1, 0.15) is 11.8 Å². The first-order valence-electron chi connectivity index (χ1n) is 11.1. The average molecular weight is 474 g/mol. The standard InChI is InChI=1S/C24H31N3O5S/c1-17(2)22(26-23(28)18-10-12-20(32-3)13-11-18)24(29)25-19-8-7-9-21(16-19)33(30,31)27-14-5-4-6-15-27/h7-13,16-17,22H,4-6,14-15H2,1-3H3,(H,25,29)(H,26,28)/t22-/m0/s1.